The van der Waals surface area contributed by atoms with E-state index in [-0.39, 0.29) is 12.6 Å². The third-order valence-electron chi connectivity index (χ3n) is 4.44. The largest absolute Gasteiger partial charge is 0.396 e. The van der Waals surface area contributed by atoms with Crippen molar-refractivity contribution >= 4 is 29.3 Å². The van der Waals surface area contributed by atoms with Crippen LogP contribution < -0.4 is 15.5 Å². The lowest BCUT2D eigenvalue weighted by molar-refractivity contribution is 0.122. The molecule has 0 spiro atoms. The molecule has 0 aliphatic carbocycles. The topological polar surface area (TPSA) is 99.6 Å². The lowest BCUT2D eigenvalue weighted by Crippen LogP contribution is -2.37. The quantitative estimate of drug-likeness (QED) is 0.341. The van der Waals surface area contributed by atoms with E-state index in [9.17, 15) is 4.79 Å². The van der Waals surface area contributed by atoms with Crippen molar-refractivity contribution in [1.82, 2.24) is 15.3 Å². The molecule has 1 aromatic heterocycles. The monoisotopic (exact) mass is 418 g/mol. The molecule has 0 radical (unpaired) electrons. The lowest BCUT2D eigenvalue weighted by atomic mass is 10.2. The third-order valence-corrected chi connectivity index (χ3v) is 5.08. The van der Waals surface area contributed by atoms with Crippen molar-refractivity contribution in [2.45, 2.75) is 12.2 Å². The molecule has 29 heavy (non-hydrogen) atoms. The van der Waals surface area contributed by atoms with Crippen LogP contribution in [0.15, 0.2) is 30.3 Å². The summed E-state index contributed by atoms with van der Waals surface area (Å²) >= 11 is 1.26. The van der Waals surface area contributed by atoms with E-state index in [4.69, 9.17) is 19.8 Å². The zero-order valence-electron chi connectivity index (χ0n) is 16.6. The number of hydrogen-bond acceptors (Lipinski definition) is 6. The van der Waals surface area contributed by atoms with Crippen molar-refractivity contribution in [1.29, 1.82) is 0 Å². The Morgan fingerprint density at radius 1 is 1.24 bits per heavy atom. The Hall–Kier alpha value is -2.36. The standard InChI is InChI=1S/C20H27N5O3S/c1-29-14-17-13-18(25-8-11-28-12-9-25)24-19(22-17)15-3-5-16(6-4-15)23-20(27)21-7-2-10-26/h3-6,13,26H,2,7-12,14H2,1H3,(H2,21,23,27)/p+1. The Morgan fingerprint density at radius 2 is 2.00 bits per heavy atom. The van der Waals surface area contributed by atoms with Gasteiger partial charge in [0.15, 0.2) is 5.82 Å². The van der Waals surface area contributed by atoms with E-state index in [1.54, 1.807) is 0 Å². The molecule has 1 fully saturated rings. The summed E-state index contributed by atoms with van der Waals surface area (Å²) in [6.07, 6.45) is 2.64. The van der Waals surface area contributed by atoms with Gasteiger partial charge in [-0.25, -0.2) is 14.8 Å². The van der Waals surface area contributed by atoms with Crippen LogP contribution in [0.1, 0.15) is 12.1 Å². The molecule has 0 atom stereocenters. The van der Waals surface area contributed by atoms with Gasteiger partial charge in [0.25, 0.3) is 0 Å². The summed E-state index contributed by atoms with van der Waals surface area (Å²) in [5, 5.41) is 14.2. The molecule has 2 aromatic rings. The fourth-order valence-corrected chi connectivity index (χ4v) is 3.45. The molecule has 1 saturated heterocycles. The van der Waals surface area contributed by atoms with Crippen LogP contribution in [0, 0.1) is 0 Å². The van der Waals surface area contributed by atoms with Crippen LogP contribution in [-0.2, 0) is 22.3 Å². The summed E-state index contributed by atoms with van der Waals surface area (Å²) < 4.78 is 5.45. The SMILES string of the molecule is C[SH+]Cc1cc(N2CCOCC2)nc(-c2ccc(NC(=O)NCCCO)cc2)n1. The number of morpholine rings is 1. The van der Waals surface area contributed by atoms with Gasteiger partial charge in [0.1, 0.15) is 11.6 Å². The maximum Gasteiger partial charge on any atom is 0.319 e. The molecule has 0 saturated carbocycles. The van der Waals surface area contributed by atoms with Gasteiger partial charge in [-0.15, -0.1) is 0 Å². The Balaban J connectivity index is 1.74. The summed E-state index contributed by atoms with van der Waals surface area (Å²) in [5.41, 5.74) is 2.61. The van der Waals surface area contributed by atoms with E-state index in [0.717, 1.165) is 35.9 Å². The predicted molar refractivity (Wildman–Crippen MR) is 118 cm³/mol. The Bertz CT molecular complexity index is 797. The number of nitrogens with zero attached hydrogens (tertiary/aromatic N) is 3. The van der Waals surface area contributed by atoms with Gasteiger partial charge in [-0.1, -0.05) is 0 Å². The highest BCUT2D eigenvalue weighted by Crippen LogP contribution is 2.23. The number of ether oxygens (including phenoxy) is 1. The number of nitrogens with one attached hydrogen (secondary N) is 2. The molecular formula is C20H28N5O3S+. The van der Waals surface area contributed by atoms with Crippen LogP contribution in [0.3, 0.4) is 0 Å². The minimum Gasteiger partial charge on any atom is -0.396 e. The van der Waals surface area contributed by atoms with Gasteiger partial charge in [0.2, 0.25) is 0 Å². The highest BCUT2D eigenvalue weighted by molar-refractivity contribution is 7.76. The lowest BCUT2D eigenvalue weighted by Gasteiger charge is -2.28. The average Bonchev–Trinajstić information content (AvgIpc) is 2.75. The molecule has 1 aliphatic heterocycles. The normalized spacial score (nSPS) is 13.9. The first-order valence-corrected chi connectivity index (χ1v) is 11.2. The van der Waals surface area contributed by atoms with Gasteiger partial charge in [0.05, 0.1) is 25.2 Å². The van der Waals surface area contributed by atoms with Crippen molar-refractivity contribution < 1.29 is 14.6 Å². The van der Waals surface area contributed by atoms with E-state index in [1.807, 2.05) is 24.3 Å². The van der Waals surface area contributed by atoms with E-state index < -0.39 is 0 Å². The summed E-state index contributed by atoms with van der Waals surface area (Å²) in [4.78, 5) is 23.6. The first-order valence-electron chi connectivity index (χ1n) is 9.72. The zero-order valence-corrected chi connectivity index (χ0v) is 17.5. The van der Waals surface area contributed by atoms with Crippen molar-refractivity contribution in [3.05, 3.63) is 36.0 Å². The minimum absolute atomic E-state index is 0.0536. The summed E-state index contributed by atoms with van der Waals surface area (Å²) in [6.45, 7) is 3.56. The highest BCUT2D eigenvalue weighted by Gasteiger charge is 2.16. The number of anilines is 2. The molecule has 2 amide bonds. The molecular weight excluding hydrogens is 390 g/mol. The number of aliphatic hydroxyl groups excluding tert-OH is 1. The molecule has 1 aliphatic rings. The fourth-order valence-electron chi connectivity index (χ4n) is 2.97. The van der Waals surface area contributed by atoms with Gasteiger partial charge >= 0.3 is 6.03 Å². The van der Waals surface area contributed by atoms with E-state index >= 15 is 0 Å². The number of aliphatic hydroxyl groups is 1. The second-order valence-electron chi connectivity index (χ2n) is 6.65. The van der Waals surface area contributed by atoms with Crippen LogP contribution >= 0.6 is 0 Å². The fraction of sp³-hybridized carbons (Fsp3) is 0.450. The third kappa shape index (κ3) is 6.31. The maximum absolute atomic E-state index is 11.8. The molecule has 3 N–H and O–H groups in total. The predicted octanol–water partition coefficient (Wildman–Crippen LogP) is 1.43. The van der Waals surface area contributed by atoms with Crippen LogP contribution in [0.4, 0.5) is 16.3 Å². The van der Waals surface area contributed by atoms with Crippen molar-refractivity contribution in [3.8, 4) is 11.4 Å². The number of amides is 2. The second-order valence-corrected chi connectivity index (χ2v) is 7.60. The Morgan fingerprint density at radius 3 is 2.69 bits per heavy atom. The van der Waals surface area contributed by atoms with E-state index in [2.05, 4.69) is 27.9 Å². The number of hydrogen-bond donors (Lipinski definition) is 3. The minimum atomic E-state index is -0.291. The zero-order chi connectivity index (χ0) is 20.5. The van der Waals surface area contributed by atoms with Crippen molar-refractivity contribution in [3.63, 3.8) is 0 Å². The molecule has 2 heterocycles. The molecule has 0 unspecified atom stereocenters. The van der Waals surface area contributed by atoms with Crippen molar-refractivity contribution in [2.24, 2.45) is 0 Å². The number of thiol groups is 1. The summed E-state index contributed by atoms with van der Waals surface area (Å²) in [5.74, 6) is 2.49. The molecule has 1 aromatic carbocycles. The van der Waals surface area contributed by atoms with E-state index in [1.165, 1.54) is 11.8 Å². The van der Waals surface area contributed by atoms with Crippen LogP contribution in [0.25, 0.3) is 11.4 Å². The van der Waals surface area contributed by atoms with Gasteiger partial charge in [-0.05, 0) is 42.4 Å². The molecule has 3 rings (SSSR count). The summed E-state index contributed by atoms with van der Waals surface area (Å²) in [7, 11) is 0. The number of carbonyl (C=O) groups excluding carboxylic acids is 1. The Labute approximate surface area is 175 Å². The average molecular weight is 419 g/mol. The van der Waals surface area contributed by atoms with Crippen LogP contribution in [-0.4, -0.2) is 66.8 Å². The number of benzene rings is 1. The van der Waals surface area contributed by atoms with Gasteiger partial charge < -0.3 is 25.4 Å². The number of aromatic nitrogens is 2. The van der Waals surface area contributed by atoms with Crippen LogP contribution in [0.5, 0.6) is 0 Å². The van der Waals surface area contributed by atoms with Gasteiger partial charge in [-0.2, -0.15) is 0 Å². The van der Waals surface area contributed by atoms with Gasteiger partial charge in [-0.3, -0.25) is 0 Å². The molecule has 9 heteroatoms. The molecule has 8 nitrogen and oxygen atoms in total. The van der Waals surface area contributed by atoms with E-state index in [0.29, 0.717) is 37.7 Å². The Kier molecular flexibility index (Phi) is 8.09. The number of rotatable bonds is 8. The maximum atomic E-state index is 11.8. The molecule has 0 bridgehead atoms. The van der Waals surface area contributed by atoms with Crippen LogP contribution in [0.2, 0.25) is 0 Å². The molecule has 156 valence electrons. The first kappa shape index (κ1) is 21.4. The number of urea groups is 1. The van der Waals surface area contributed by atoms with Crippen molar-refractivity contribution in [2.75, 3.05) is 55.9 Å². The second kappa shape index (κ2) is 11.0. The highest BCUT2D eigenvalue weighted by atomic mass is 32.2. The first-order chi connectivity index (χ1) is 14.2. The number of carbonyl (C=O) groups is 1. The van der Waals surface area contributed by atoms with Gasteiger partial charge in [0, 0.05) is 43.6 Å². The smallest absolute Gasteiger partial charge is 0.319 e. The summed E-state index contributed by atoms with van der Waals surface area (Å²) in [6, 6.07) is 9.27.